The number of aromatic hydroxyl groups is 1. The average Bonchev–Trinajstić information content (AvgIpc) is 3.26. The molecule has 7 nitrogen and oxygen atoms in total. The van der Waals surface area contributed by atoms with E-state index in [1.54, 1.807) is 42.6 Å². The number of carbonyl (C=O) groups is 1. The first kappa shape index (κ1) is 22.1. The van der Waals surface area contributed by atoms with Crippen molar-refractivity contribution in [3.05, 3.63) is 77.9 Å². The molecule has 4 aromatic rings. The highest BCUT2D eigenvalue weighted by atomic mass is 16.5. The maximum Gasteiger partial charge on any atom is 0.271 e. The van der Waals surface area contributed by atoms with Gasteiger partial charge < -0.3 is 14.8 Å². The first-order chi connectivity index (χ1) is 16.1. The van der Waals surface area contributed by atoms with Crippen LogP contribution in [0.1, 0.15) is 42.1 Å². The molecule has 1 aromatic heterocycles. The predicted octanol–water partition coefficient (Wildman–Crippen LogP) is 5.27. The number of phenols is 1. The number of para-hydroxylation sites is 1. The molecule has 1 heterocycles. The zero-order chi connectivity index (χ0) is 23.0. The first-order valence-corrected chi connectivity index (χ1v) is 11.0. The Kier molecular flexibility index (Phi) is 6.99. The maximum atomic E-state index is 12.5. The van der Waals surface area contributed by atoms with E-state index < -0.39 is 0 Å². The second kappa shape index (κ2) is 10.5. The lowest BCUT2D eigenvalue weighted by Crippen LogP contribution is -2.17. The lowest BCUT2D eigenvalue weighted by Gasteiger charge is -2.05. The number of rotatable bonds is 9. The van der Waals surface area contributed by atoms with Crippen LogP contribution in [0.15, 0.2) is 71.8 Å². The number of amides is 1. The Morgan fingerprint density at radius 1 is 1.12 bits per heavy atom. The van der Waals surface area contributed by atoms with Crippen molar-refractivity contribution in [1.82, 2.24) is 15.4 Å². The van der Waals surface area contributed by atoms with Crippen molar-refractivity contribution in [2.24, 2.45) is 5.10 Å². The second-order valence-corrected chi connectivity index (χ2v) is 7.66. The highest BCUT2D eigenvalue weighted by molar-refractivity contribution is 5.98. The lowest BCUT2D eigenvalue weighted by atomic mass is 10.2. The molecule has 7 heteroatoms. The van der Waals surface area contributed by atoms with E-state index in [1.165, 1.54) is 6.42 Å². The standard InChI is InChI=1S/C26H26N4O3/c1-2-3-6-15-33-20-12-9-18(10-13-20)17-27-30-26(32)19-11-14-22-23(16-19)29-25(28-22)21-7-4-5-8-24(21)31/h4-5,7-14,16-17,31H,2-3,6,15H2,1H3,(H,28,29)(H,30,32)/b27-17+. The molecule has 3 N–H and O–H groups in total. The second-order valence-electron chi connectivity index (χ2n) is 7.66. The van der Waals surface area contributed by atoms with Crippen molar-refractivity contribution < 1.29 is 14.6 Å². The van der Waals surface area contributed by atoms with E-state index in [1.807, 2.05) is 30.3 Å². The minimum absolute atomic E-state index is 0.139. The van der Waals surface area contributed by atoms with E-state index in [4.69, 9.17) is 4.74 Å². The van der Waals surface area contributed by atoms with Gasteiger partial charge in [0.25, 0.3) is 5.91 Å². The summed E-state index contributed by atoms with van der Waals surface area (Å²) in [5.74, 6) is 1.17. The number of carbonyl (C=O) groups excluding carboxylic acids is 1. The maximum absolute atomic E-state index is 12.5. The number of aromatic amines is 1. The lowest BCUT2D eigenvalue weighted by molar-refractivity contribution is 0.0955. The molecule has 168 valence electrons. The van der Waals surface area contributed by atoms with Crippen LogP contribution in [-0.2, 0) is 0 Å². The molecular weight excluding hydrogens is 416 g/mol. The highest BCUT2D eigenvalue weighted by Crippen LogP contribution is 2.28. The van der Waals surface area contributed by atoms with Crippen molar-refractivity contribution >= 4 is 23.2 Å². The Balaban J connectivity index is 1.37. The molecule has 0 fully saturated rings. The normalized spacial score (nSPS) is 11.2. The van der Waals surface area contributed by atoms with Gasteiger partial charge >= 0.3 is 0 Å². The third-order valence-corrected chi connectivity index (χ3v) is 5.18. The highest BCUT2D eigenvalue weighted by Gasteiger charge is 2.11. The number of ether oxygens (including phenoxy) is 1. The average molecular weight is 443 g/mol. The summed E-state index contributed by atoms with van der Waals surface area (Å²) in [5.41, 5.74) is 5.84. The number of hydrogen-bond acceptors (Lipinski definition) is 5. The molecule has 0 saturated heterocycles. The Hall–Kier alpha value is -4.13. The molecule has 0 aliphatic carbocycles. The fourth-order valence-corrected chi connectivity index (χ4v) is 3.37. The fraction of sp³-hybridized carbons (Fsp3) is 0.192. The number of unbranched alkanes of at least 4 members (excludes halogenated alkanes) is 2. The van der Waals surface area contributed by atoms with Gasteiger partial charge in [-0.05, 0) is 66.6 Å². The molecule has 0 aliphatic heterocycles. The quantitative estimate of drug-likeness (QED) is 0.187. The number of phenolic OH excluding ortho intramolecular Hbond substituents is 1. The summed E-state index contributed by atoms with van der Waals surface area (Å²) >= 11 is 0. The summed E-state index contributed by atoms with van der Waals surface area (Å²) in [6.07, 6.45) is 4.96. The van der Waals surface area contributed by atoms with Gasteiger partial charge in [-0.15, -0.1) is 0 Å². The third kappa shape index (κ3) is 5.57. The Morgan fingerprint density at radius 2 is 1.94 bits per heavy atom. The summed E-state index contributed by atoms with van der Waals surface area (Å²) in [4.78, 5) is 20.2. The topological polar surface area (TPSA) is 99.6 Å². The molecule has 0 unspecified atom stereocenters. The number of nitrogens with one attached hydrogen (secondary N) is 2. The van der Waals surface area contributed by atoms with Crippen molar-refractivity contribution in [3.8, 4) is 22.9 Å². The number of imidazole rings is 1. The van der Waals surface area contributed by atoms with Crippen LogP contribution in [-0.4, -0.2) is 33.8 Å². The first-order valence-electron chi connectivity index (χ1n) is 11.0. The number of H-pyrrole nitrogens is 1. The van der Waals surface area contributed by atoms with Gasteiger partial charge in [-0.2, -0.15) is 5.10 Å². The molecule has 0 atom stereocenters. The van der Waals surface area contributed by atoms with E-state index in [0.29, 0.717) is 34.6 Å². The number of nitrogens with zero attached hydrogens (tertiary/aromatic N) is 2. The summed E-state index contributed by atoms with van der Waals surface area (Å²) in [7, 11) is 0. The Bertz CT molecular complexity index is 1260. The van der Waals surface area contributed by atoms with Crippen molar-refractivity contribution in [2.45, 2.75) is 26.2 Å². The molecule has 33 heavy (non-hydrogen) atoms. The van der Waals surface area contributed by atoms with Gasteiger partial charge in [0.15, 0.2) is 0 Å². The SMILES string of the molecule is CCCCCOc1ccc(/C=N/NC(=O)c2ccc3nc(-c4ccccc4O)[nH]c3c2)cc1. The van der Waals surface area contributed by atoms with E-state index in [2.05, 4.69) is 27.4 Å². The van der Waals surface area contributed by atoms with Gasteiger partial charge in [-0.1, -0.05) is 31.9 Å². The van der Waals surface area contributed by atoms with Crippen LogP contribution in [0.5, 0.6) is 11.5 Å². The van der Waals surface area contributed by atoms with Gasteiger partial charge in [0, 0.05) is 5.56 Å². The Labute approximate surface area is 192 Å². The molecule has 0 bridgehead atoms. The van der Waals surface area contributed by atoms with Crippen LogP contribution >= 0.6 is 0 Å². The number of aromatic nitrogens is 2. The molecule has 3 aromatic carbocycles. The van der Waals surface area contributed by atoms with Crippen molar-refractivity contribution in [2.75, 3.05) is 6.61 Å². The van der Waals surface area contributed by atoms with E-state index in [9.17, 15) is 9.90 Å². The van der Waals surface area contributed by atoms with Gasteiger partial charge in [0.05, 0.1) is 29.4 Å². The molecule has 0 radical (unpaired) electrons. The van der Waals surface area contributed by atoms with Crippen LogP contribution in [0.25, 0.3) is 22.4 Å². The molecule has 0 saturated carbocycles. The summed E-state index contributed by atoms with van der Waals surface area (Å²) in [6, 6.07) is 19.7. The zero-order valence-corrected chi connectivity index (χ0v) is 18.4. The number of hydrogen-bond donors (Lipinski definition) is 3. The molecular formula is C26H26N4O3. The van der Waals surface area contributed by atoms with Crippen molar-refractivity contribution in [3.63, 3.8) is 0 Å². The molecule has 0 spiro atoms. The summed E-state index contributed by atoms with van der Waals surface area (Å²) in [6.45, 7) is 2.88. The minimum atomic E-state index is -0.331. The van der Waals surface area contributed by atoms with Crippen LogP contribution in [0.3, 0.4) is 0 Å². The molecule has 1 amide bonds. The fourth-order valence-electron chi connectivity index (χ4n) is 3.37. The van der Waals surface area contributed by atoms with E-state index in [-0.39, 0.29) is 11.7 Å². The predicted molar refractivity (Wildman–Crippen MR) is 130 cm³/mol. The number of benzene rings is 3. The Morgan fingerprint density at radius 3 is 2.73 bits per heavy atom. The van der Waals surface area contributed by atoms with Gasteiger partial charge in [0.2, 0.25) is 0 Å². The third-order valence-electron chi connectivity index (χ3n) is 5.18. The number of fused-ring (bicyclic) bond motifs is 1. The van der Waals surface area contributed by atoms with Crippen LogP contribution in [0, 0.1) is 0 Å². The van der Waals surface area contributed by atoms with Crippen molar-refractivity contribution in [1.29, 1.82) is 0 Å². The van der Waals surface area contributed by atoms with Crippen LogP contribution in [0.2, 0.25) is 0 Å². The molecule has 4 rings (SSSR count). The van der Waals surface area contributed by atoms with Crippen LogP contribution in [0.4, 0.5) is 0 Å². The van der Waals surface area contributed by atoms with Crippen LogP contribution < -0.4 is 10.2 Å². The smallest absolute Gasteiger partial charge is 0.271 e. The molecule has 0 aliphatic rings. The van der Waals surface area contributed by atoms with E-state index >= 15 is 0 Å². The number of hydrazone groups is 1. The van der Waals surface area contributed by atoms with Gasteiger partial charge in [-0.25, -0.2) is 10.4 Å². The zero-order valence-electron chi connectivity index (χ0n) is 18.4. The van der Waals surface area contributed by atoms with E-state index in [0.717, 1.165) is 24.2 Å². The summed E-state index contributed by atoms with van der Waals surface area (Å²) < 4.78 is 5.70. The largest absolute Gasteiger partial charge is 0.507 e. The monoisotopic (exact) mass is 442 g/mol. The minimum Gasteiger partial charge on any atom is -0.507 e. The summed E-state index contributed by atoms with van der Waals surface area (Å²) in [5, 5.41) is 14.1. The van der Waals surface area contributed by atoms with Gasteiger partial charge in [-0.3, -0.25) is 4.79 Å². The van der Waals surface area contributed by atoms with Gasteiger partial charge in [0.1, 0.15) is 17.3 Å².